The van der Waals surface area contributed by atoms with Crippen molar-refractivity contribution in [3.8, 4) is 0 Å². The van der Waals surface area contributed by atoms with Crippen LogP contribution in [0.15, 0.2) is 52.4 Å². The molecule has 154 valence electrons. The van der Waals surface area contributed by atoms with Crippen LogP contribution in [-0.2, 0) is 25.9 Å². The number of ether oxygens (including phenoxy) is 1. The summed E-state index contributed by atoms with van der Waals surface area (Å²) in [6.07, 6.45) is 0. The molecule has 0 fully saturated rings. The van der Waals surface area contributed by atoms with Gasteiger partial charge >= 0.3 is 0 Å². The number of nitrogens with zero attached hydrogens (tertiary/aromatic N) is 2. The lowest BCUT2D eigenvalue weighted by Crippen LogP contribution is -2.22. The molecule has 0 N–H and O–H groups in total. The highest BCUT2D eigenvalue weighted by molar-refractivity contribution is 7.92. The number of sulfone groups is 1. The number of carbonyl (C=O) groups excluding carboxylic acids is 1. The summed E-state index contributed by atoms with van der Waals surface area (Å²) in [5, 5.41) is 0. The molecular weight excluding hydrogens is 408 g/mol. The van der Waals surface area contributed by atoms with E-state index in [9.17, 15) is 13.2 Å². The van der Waals surface area contributed by atoms with Gasteiger partial charge in [-0.05, 0) is 56.2 Å². The van der Waals surface area contributed by atoms with E-state index in [1.165, 1.54) is 23.5 Å². The summed E-state index contributed by atoms with van der Waals surface area (Å²) in [7, 11) is -3.73. The number of fused-ring (bicyclic) bond motifs is 1. The number of hydrogen-bond acceptors (Lipinski definition) is 5. The molecule has 1 amide bonds. The third kappa shape index (κ3) is 5.01. The molecular formula is C21H24N2O4S2. The summed E-state index contributed by atoms with van der Waals surface area (Å²) in [6.45, 7) is 7.61. The van der Waals surface area contributed by atoms with E-state index in [2.05, 4.69) is 17.1 Å². The minimum atomic E-state index is -3.73. The van der Waals surface area contributed by atoms with Crippen molar-refractivity contribution in [3.05, 3.63) is 58.4 Å². The molecule has 0 atom stereocenters. The van der Waals surface area contributed by atoms with Gasteiger partial charge in [-0.1, -0.05) is 29.5 Å². The third-order valence-corrected chi connectivity index (χ3v) is 7.26. The average Bonchev–Trinajstić information content (AvgIpc) is 2.98. The maximum Gasteiger partial charge on any atom is 0.263 e. The molecule has 0 unspecified atom stereocenters. The highest BCUT2D eigenvalue weighted by Gasteiger charge is 2.19. The van der Waals surface area contributed by atoms with Crippen LogP contribution in [0.5, 0.6) is 0 Å². The predicted molar refractivity (Wildman–Crippen MR) is 115 cm³/mol. The number of carbonyl (C=O) groups is 1. The van der Waals surface area contributed by atoms with Gasteiger partial charge in [-0.3, -0.25) is 4.79 Å². The summed E-state index contributed by atoms with van der Waals surface area (Å²) in [5.41, 5.74) is 3.26. The lowest BCUT2D eigenvalue weighted by Gasteiger charge is -2.07. The van der Waals surface area contributed by atoms with Crippen molar-refractivity contribution in [2.24, 2.45) is 4.99 Å². The maximum atomic E-state index is 12.5. The highest BCUT2D eigenvalue weighted by atomic mass is 32.2. The summed E-state index contributed by atoms with van der Waals surface area (Å²) >= 11 is 1.38. The van der Waals surface area contributed by atoms with Crippen LogP contribution in [0.3, 0.4) is 0 Å². The number of amides is 1. The molecule has 1 aromatic heterocycles. The van der Waals surface area contributed by atoms with Crippen LogP contribution in [-0.4, -0.2) is 37.9 Å². The predicted octanol–water partition coefficient (Wildman–Crippen LogP) is 3.26. The van der Waals surface area contributed by atoms with Crippen LogP contribution in [0, 0.1) is 13.8 Å². The quantitative estimate of drug-likeness (QED) is 0.537. The number of thiazole rings is 1. The summed E-state index contributed by atoms with van der Waals surface area (Å²) in [5.74, 6) is -1.34. The van der Waals surface area contributed by atoms with E-state index in [0.29, 0.717) is 24.6 Å². The monoisotopic (exact) mass is 432 g/mol. The molecule has 0 spiro atoms. The van der Waals surface area contributed by atoms with Gasteiger partial charge in [-0.25, -0.2) is 8.42 Å². The van der Waals surface area contributed by atoms with E-state index in [-0.39, 0.29) is 4.90 Å². The Labute approximate surface area is 174 Å². The molecule has 3 aromatic rings. The third-order valence-electron chi connectivity index (χ3n) is 4.60. The Hall–Kier alpha value is -2.29. The second kappa shape index (κ2) is 9.02. The van der Waals surface area contributed by atoms with Crippen LogP contribution in [0.1, 0.15) is 18.1 Å². The van der Waals surface area contributed by atoms with E-state index < -0.39 is 21.5 Å². The van der Waals surface area contributed by atoms with E-state index >= 15 is 0 Å². The van der Waals surface area contributed by atoms with Crippen molar-refractivity contribution in [3.63, 3.8) is 0 Å². The fourth-order valence-electron chi connectivity index (χ4n) is 2.94. The van der Waals surface area contributed by atoms with Crippen LogP contribution < -0.4 is 4.80 Å². The fraction of sp³-hybridized carbons (Fsp3) is 0.333. The Morgan fingerprint density at radius 3 is 2.52 bits per heavy atom. The standard InChI is InChI=1S/C21H24N2O4S2/c1-4-27-11-10-23-18-12-15(2)16(3)13-19(18)28-21(23)22-20(24)14-29(25,26)17-8-6-5-7-9-17/h5-9,12-13H,4,10-11,14H2,1-3H3. The molecule has 0 bridgehead atoms. The summed E-state index contributed by atoms with van der Waals surface area (Å²) < 4.78 is 33.4. The van der Waals surface area contributed by atoms with Gasteiger partial charge in [0.15, 0.2) is 14.6 Å². The van der Waals surface area contributed by atoms with E-state index in [4.69, 9.17) is 4.74 Å². The highest BCUT2D eigenvalue weighted by Crippen LogP contribution is 2.22. The maximum absolute atomic E-state index is 12.5. The minimum Gasteiger partial charge on any atom is -0.380 e. The number of aromatic nitrogens is 1. The molecule has 0 aliphatic rings. The van der Waals surface area contributed by atoms with Crippen molar-refractivity contribution in [2.45, 2.75) is 32.2 Å². The zero-order valence-electron chi connectivity index (χ0n) is 16.7. The van der Waals surface area contributed by atoms with Crippen molar-refractivity contribution in [1.82, 2.24) is 4.57 Å². The van der Waals surface area contributed by atoms with Crippen molar-refractivity contribution in [1.29, 1.82) is 0 Å². The second-order valence-corrected chi connectivity index (χ2v) is 9.71. The Morgan fingerprint density at radius 2 is 1.83 bits per heavy atom. The van der Waals surface area contributed by atoms with Crippen molar-refractivity contribution in [2.75, 3.05) is 19.0 Å². The molecule has 2 aromatic carbocycles. The Kier molecular flexibility index (Phi) is 6.66. The number of benzene rings is 2. The number of rotatable bonds is 7. The normalized spacial score (nSPS) is 12.6. The minimum absolute atomic E-state index is 0.121. The molecule has 29 heavy (non-hydrogen) atoms. The molecule has 0 aliphatic carbocycles. The average molecular weight is 433 g/mol. The first-order valence-electron chi connectivity index (χ1n) is 9.35. The molecule has 0 radical (unpaired) electrons. The molecule has 8 heteroatoms. The van der Waals surface area contributed by atoms with Gasteiger partial charge in [0, 0.05) is 13.2 Å². The van der Waals surface area contributed by atoms with Crippen molar-refractivity contribution < 1.29 is 17.9 Å². The zero-order chi connectivity index (χ0) is 21.0. The topological polar surface area (TPSA) is 77.7 Å². The van der Waals surface area contributed by atoms with Gasteiger partial charge in [-0.2, -0.15) is 4.99 Å². The molecule has 1 heterocycles. The van der Waals surface area contributed by atoms with Gasteiger partial charge in [0.2, 0.25) is 0 Å². The molecule has 0 saturated heterocycles. The van der Waals surface area contributed by atoms with E-state index in [1.54, 1.807) is 18.2 Å². The molecule has 0 saturated carbocycles. The SMILES string of the molecule is CCOCCn1c(=NC(=O)CS(=O)(=O)c2ccccc2)sc2cc(C)c(C)cc21. The summed E-state index contributed by atoms with van der Waals surface area (Å²) in [4.78, 5) is 17.3. The first-order chi connectivity index (χ1) is 13.8. The largest absolute Gasteiger partial charge is 0.380 e. The number of aryl methyl sites for hydroxylation is 2. The van der Waals surface area contributed by atoms with Crippen LogP contribution >= 0.6 is 11.3 Å². The van der Waals surface area contributed by atoms with Crippen LogP contribution in [0.25, 0.3) is 10.2 Å². The lowest BCUT2D eigenvalue weighted by molar-refractivity contribution is -0.115. The van der Waals surface area contributed by atoms with E-state index in [1.807, 2.05) is 25.3 Å². The molecule has 3 rings (SSSR count). The first-order valence-corrected chi connectivity index (χ1v) is 11.8. The Balaban J connectivity index is 1.99. The number of hydrogen-bond donors (Lipinski definition) is 0. The summed E-state index contributed by atoms with van der Waals surface area (Å²) in [6, 6.07) is 12.1. The van der Waals surface area contributed by atoms with Crippen LogP contribution in [0.4, 0.5) is 0 Å². The van der Waals surface area contributed by atoms with E-state index in [0.717, 1.165) is 21.3 Å². The lowest BCUT2D eigenvalue weighted by atomic mass is 10.1. The molecule has 6 nitrogen and oxygen atoms in total. The van der Waals surface area contributed by atoms with Crippen molar-refractivity contribution >= 4 is 37.3 Å². The zero-order valence-corrected chi connectivity index (χ0v) is 18.3. The Bertz CT molecular complexity index is 1190. The first kappa shape index (κ1) is 21.4. The van der Waals surface area contributed by atoms with Crippen LogP contribution in [0.2, 0.25) is 0 Å². The smallest absolute Gasteiger partial charge is 0.263 e. The molecule has 0 aliphatic heterocycles. The fourth-order valence-corrected chi connectivity index (χ4v) is 5.22. The van der Waals surface area contributed by atoms with Gasteiger partial charge in [0.25, 0.3) is 5.91 Å². The van der Waals surface area contributed by atoms with Gasteiger partial charge in [0.05, 0.1) is 21.7 Å². The van der Waals surface area contributed by atoms with Gasteiger partial charge in [-0.15, -0.1) is 0 Å². The van der Waals surface area contributed by atoms with Gasteiger partial charge < -0.3 is 9.30 Å². The Morgan fingerprint density at radius 1 is 1.14 bits per heavy atom. The second-order valence-electron chi connectivity index (χ2n) is 6.72. The van der Waals surface area contributed by atoms with Gasteiger partial charge in [0.1, 0.15) is 5.75 Å².